The Morgan fingerprint density at radius 1 is 1.05 bits per heavy atom. The van der Waals surface area contributed by atoms with Crippen LogP contribution in [0.5, 0.6) is 0 Å². The van der Waals surface area contributed by atoms with Gasteiger partial charge in [0.15, 0.2) is 5.78 Å². The number of unbranched alkanes of at least 4 members (excludes halogenated alkanes) is 7. The first-order chi connectivity index (χ1) is 10.1. The summed E-state index contributed by atoms with van der Waals surface area (Å²) >= 11 is 7.28. The Morgan fingerprint density at radius 2 is 1.62 bits per heavy atom. The smallest absolute Gasteiger partial charge is 0.217 e. The predicted octanol–water partition coefficient (Wildman–Crippen LogP) is 4.17. The van der Waals surface area contributed by atoms with Gasteiger partial charge < -0.3 is 5.32 Å². The van der Waals surface area contributed by atoms with Crippen molar-refractivity contribution in [3.05, 3.63) is 0 Å². The van der Waals surface area contributed by atoms with Crippen molar-refractivity contribution in [2.24, 2.45) is 0 Å². The molecule has 1 N–H and O–H groups in total. The molecule has 21 heavy (non-hydrogen) atoms. The minimum Gasteiger partial charge on any atom is -0.346 e. The molecule has 0 aromatic heterocycles. The third-order valence-corrected chi connectivity index (χ3v) is 4.73. The number of hydrogen-bond acceptors (Lipinski definition) is 3. The van der Waals surface area contributed by atoms with Crippen LogP contribution in [0, 0.1) is 0 Å². The summed E-state index contributed by atoms with van der Waals surface area (Å²) in [6.07, 6.45) is 10.5. The minimum absolute atomic E-state index is 0.0384. The van der Waals surface area contributed by atoms with E-state index in [1.54, 1.807) is 11.8 Å². The number of amides is 1. The fourth-order valence-corrected chi connectivity index (χ4v) is 3.36. The molecule has 1 atom stereocenters. The first-order valence-corrected chi connectivity index (χ1v) is 9.74. The second kappa shape index (κ2) is 14.7. The van der Waals surface area contributed by atoms with Crippen molar-refractivity contribution >= 4 is 35.1 Å². The molecule has 0 aliphatic heterocycles. The molecule has 0 saturated carbocycles. The van der Waals surface area contributed by atoms with E-state index in [0.29, 0.717) is 5.75 Å². The Labute approximate surface area is 139 Å². The second-order valence-corrected chi connectivity index (χ2v) is 6.82. The average Bonchev–Trinajstić information content (AvgIpc) is 2.46. The van der Waals surface area contributed by atoms with E-state index in [1.807, 2.05) is 0 Å². The van der Waals surface area contributed by atoms with Gasteiger partial charge >= 0.3 is 0 Å². The maximum Gasteiger partial charge on any atom is 0.217 e. The van der Waals surface area contributed by atoms with Crippen molar-refractivity contribution in [1.29, 1.82) is 0 Å². The van der Waals surface area contributed by atoms with Crippen LogP contribution in [-0.2, 0) is 9.59 Å². The van der Waals surface area contributed by atoms with E-state index in [0.717, 1.165) is 5.75 Å². The van der Waals surface area contributed by atoms with Gasteiger partial charge in [-0.25, -0.2) is 0 Å². The van der Waals surface area contributed by atoms with Gasteiger partial charge in [0.25, 0.3) is 0 Å². The Hall–Kier alpha value is -0.220. The first kappa shape index (κ1) is 20.8. The molecule has 0 radical (unpaired) electrons. The van der Waals surface area contributed by atoms with Crippen molar-refractivity contribution in [3.8, 4) is 0 Å². The number of alkyl halides is 1. The van der Waals surface area contributed by atoms with Crippen molar-refractivity contribution in [3.63, 3.8) is 0 Å². The predicted molar refractivity (Wildman–Crippen MR) is 93.3 cm³/mol. The third kappa shape index (κ3) is 13.2. The van der Waals surface area contributed by atoms with E-state index in [-0.39, 0.29) is 17.6 Å². The molecule has 0 aliphatic carbocycles. The van der Waals surface area contributed by atoms with Crippen LogP contribution in [0.15, 0.2) is 0 Å². The van der Waals surface area contributed by atoms with Gasteiger partial charge in [-0.1, -0.05) is 51.9 Å². The van der Waals surface area contributed by atoms with E-state index in [4.69, 9.17) is 11.6 Å². The zero-order chi connectivity index (χ0) is 15.9. The van der Waals surface area contributed by atoms with E-state index in [9.17, 15) is 9.59 Å². The van der Waals surface area contributed by atoms with Gasteiger partial charge in [-0.3, -0.25) is 9.59 Å². The quantitative estimate of drug-likeness (QED) is 0.383. The summed E-state index contributed by atoms with van der Waals surface area (Å²) in [6.45, 7) is 3.66. The molecule has 5 heteroatoms. The Balaban J connectivity index is 3.53. The number of rotatable bonds is 14. The highest BCUT2D eigenvalue weighted by atomic mass is 35.5. The fourth-order valence-electron chi connectivity index (χ4n) is 2.09. The van der Waals surface area contributed by atoms with Crippen LogP contribution in [-0.4, -0.2) is 35.1 Å². The van der Waals surface area contributed by atoms with Gasteiger partial charge in [0.2, 0.25) is 5.91 Å². The second-order valence-electron chi connectivity index (χ2n) is 5.40. The van der Waals surface area contributed by atoms with Crippen LogP contribution in [0.2, 0.25) is 0 Å². The van der Waals surface area contributed by atoms with E-state index in [2.05, 4.69) is 12.2 Å². The first-order valence-electron chi connectivity index (χ1n) is 8.05. The van der Waals surface area contributed by atoms with Gasteiger partial charge in [-0.15, -0.1) is 11.6 Å². The maximum absolute atomic E-state index is 11.6. The van der Waals surface area contributed by atoms with Crippen LogP contribution in [0.3, 0.4) is 0 Å². The van der Waals surface area contributed by atoms with Gasteiger partial charge in [-0.2, -0.15) is 11.8 Å². The van der Waals surface area contributed by atoms with Gasteiger partial charge in [0, 0.05) is 12.7 Å². The molecule has 3 nitrogen and oxygen atoms in total. The normalized spacial score (nSPS) is 12.1. The van der Waals surface area contributed by atoms with Gasteiger partial charge in [-0.05, 0) is 12.2 Å². The van der Waals surface area contributed by atoms with Crippen molar-refractivity contribution in [2.75, 3.05) is 17.4 Å². The molecule has 0 heterocycles. The molecule has 124 valence electrons. The Bertz CT molecular complexity index is 287. The molecular formula is C16H30ClNO2S. The lowest BCUT2D eigenvalue weighted by atomic mass is 10.1. The van der Waals surface area contributed by atoms with Crippen molar-refractivity contribution < 1.29 is 9.59 Å². The van der Waals surface area contributed by atoms with E-state index >= 15 is 0 Å². The molecule has 0 aromatic rings. The average molecular weight is 336 g/mol. The lowest BCUT2D eigenvalue weighted by molar-refractivity contribution is -0.124. The number of carbonyl (C=O) groups is 2. The Morgan fingerprint density at radius 3 is 2.14 bits per heavy atom. The maximum atomic E-state index is 11.6. The summed E-state index contributed by atoms with van der Waals surface area (Å²) in [4.78, 5) is 22.6. The third-order valence-electron chi connectivity index (χ3n) is 3.32. The zero-order valence-corrected chi connectivity index (χ0v) is 15.0. The lowest BCUT2D eigenvalue weighted by Crippen LogP contribution is -2.42. The zero-order valence-electron chi connectivity index (χ0n) is 13.5. The molecule has 0 saturated heterocycles. The monoisotopic (exact) mass is 335 g/mol. The highest BCUT2D eigenvalue weighted by molar-refractivity contribution is 7.99. The topological polar surface area (TPSA) is 46.2 Å². The molecule has 0 spiro atoms. The summed E-state index contributed by atoms with van der Waals surface area (Å²) in [5.74, 6) is 1.35. The summed E-state index contributed by atoms with van der Waals surface area (Å²) < 4.78 is 0. The molecule has 1 unspecified atom stereocenters. The van der Waals surface area contributed by atoms with Gasteiger partial charge in [0.1, 0.15) is 0 Å². The lowest BCUT2D eigenvalue weighted by Gasteiger charge is -2.15. The van der Waals surface area contributed by atoms with E-state index in [1.165, 1.54) is 58.3 Å². The highest BCUT2D eigenvalue weighted by Crippen LogP contribution is 2.12. The molecule has 0 fully saturated rings. The summed E-state index contributed by atoms with van der Waals surface area (Å²) in [5, 5.41) is 2.67. The number of thioether (sulfide) groups is 1. The van der Waals surface area contributed by atoms with Crippen LogP contribution in [0.25, 0.3) is 0 Å². The van der Waals surface area contributed by atoms with E-state index < -0.39 is 6.04 Å². The Kier molecular flexibility index (Phi) is 14.6. The van der Waals surface area contributed by atoms with Crippen LogP contribution < -0.4 is 5.32 Å². The highest BCUT2D eigenvalue weighted by Gasteiger charge is 2.17. The molecule has 0 aromatic carbocycles. The molecule has 0 aliphatic rings. The summed E-state index contributed by atoms with van der Waals surface area (Å²) in [6, 6.07) is -0.431. The fraction of sp³-hybridized carbons (Fsp3) is 0.875. The minimum atomic E-state index is -0.431. The molecule has 0 bridgehead atoms. The van der Waals surface area contributed by atoms with Crippen molar-refractivity contribution in [1.82, 2.24) is 5.32 Å². The largest absolute Gasteiger partial charge is 0.346 e. The van der Waals surface area contributed by atoms with Crippen LogP contribution >= 0.6 is 23.4 Å². The van der Waals surface area contributed by atoms with Crippen LogP contribution in [0.4, 0.5) is 0 Å². The molecule has 0 rings (SSSR count). The van der Waals surface area contributed by atoms with Gasteiger partial charge in [0.05, 0.1) is 11.9 Å². The number of nitrogens with one attached hydrogen (secondary N) is 1. The number of Topliss-reactive ketones (excluding diaryl/α,β-unsaturated/α-hetero) is 1. The number of halogens is 1. The van der Waals surface area contributed by atoms with Crippen molar-refractivity contribution in [2.45, 2.75) is 71.3 Å². The SMILES string of the molecule is CCCCCCCCCCSCC(NC(C)=O)C(=O)CCl. The summed E-state index contributed by atoms with van der Waals surface area (Å²) in [7, 11) is 0. The number of hydrogen-bond donors (Lipinski definition) is 1. The molecular weight excluding hydrogens is 306 g/mol. The standard InChI is InChI=1S/C16H30ClNO2S/c1-3-4-5-6-7-8-9-10-11-21-13-15(16(20)12-17)18-14(2)19/h15H,3-13H2,1-2H3,(H,18,19). The van der Waals surface area contributed by atoms with Crippen LogP contribution in [0.1, 0.15) is 65.2 Å². The number of carbonyl (C=O) groups excluding carboxylic acids is 2. The number of ketones is 1. The summed E-state index contributed by atoms with van der Waals surface area (Å²) in [5.41, 5.74) is 0. The molecule has 1 amide bonds.